The summed E-state index contributed by atoms with van der Waals surface area (Å²) in [5.74, 6) is -2.18. The quantitative estimate of drug-likeness (QED) is 0.275. The van der Waals surface area contributed by atoms with Crippen molar-refractivity contribution in [2.45, 2.75) is 77.7 Å². The van der Waals surface area contributed by atoms with E-state index in [0.717, 1.165) is 11.3 Å². The number of nitrogens with one attached hydrogen (secondary N) is 1. The number of rotatable bonds is 15. The fraction of sp³-hybridized carbons (Fsp3) is 0.633. The van der Waals surface area contributed by atoms with E-state index < -0.39 is 47.6 Å². The van der Waals surface area contributed by atoms with Gasteiger partial charge in [0.05, 0.1) is 31.8 Å². The number of aromatic nitrogens is 3. The summed E-state index contributed by atoms with van der Waals surface area (Å²) in [7, 11) is 2.94. The van der Waals surface area contributed by atoms with E-state index in [9.17, 15) is 32.3 Å². The number of alkyl halides is 3. The molecular weight excluding hydrogens is 631 g/mol. The van der Waals surface area contributed by atoms with Gasteiger partial charge in [-0.2, -0.15) is 13.2 Å². The van der Waals surface area contributed by atoms with Crippen LogP contribution in [0.1, 0.15) is 79.9 Å². The summed E-state index contributed by atoms with van der Waals surface area (Å²) in [5.41, 5.74) is -1.00. The Bertz CT molecular complexity index is 1350. The van der Waals surface area contributed by atoms with Gasteiger partial charge in [0.25, 0.3) is 5.91 Å². The minimum Gasteiger partial charge on any atom is -0.469 e. The Kier molecular flexibility index (Phi) is 13.0. The van der Waals surface area contributed by atoms with Crippen LogP contribution in [0.4, 0.5) is 13.2 Å². The zero-order valence-corrected chi connectivity index (χ0v) is 27.4. The molecule has 1 unspecified atom stereocenters. The molecule has 1 N–H and O–H groups in total. The van der Waals surface area contributed by atoms with Gasteiger partial charge in [0.15, 0.2) is 6.10 Å². The topological polar surface area (TPSA) is 150 Å². The van der Waals surface area contributed by atoms with Crippen LogP contribution in [0.3, 0.4) is 0 Å². The Labute approximate surface area is 269 Å². The van der Waals surface area contributed by atoms with Crippen molar-refractivity contribution in [1.82, 2.24) is 25.2 Å². The van der Waals surface area contributed by atoms with Crippen LogP contribution in [0.5, 0.6) is 0 Å². The third kappa shape index (κ3) is 10.4. The maximum absolute atomic E-state index is 13.3. The van der Waals surface area contributed by atoms with Crippen LogP contribution in [0.25, 0.3) is 0 Å². The first kappa shape index (κ1) is 36.8. The average molecular weight is 672 g/mol. The van der Waals surface area contributed by atoms with Crippen LogP contribution in [-0.4, -0.2) is 83.1 Å². The number of halogens is 3. The molecule has 2 amide bonds. The molecule has 46 heavy (non-hydrogen) atoms. The number of ether oxygens (including phenoxy) is 3. The predicted octanol–water partition coefficient (Wildman–Crippen LogP) is 4.01. The third-order valence-electron chi connectivity index (χ3n) is 7.66. The van der Waals surface area contributed by atoms with E-state index in [1.165, 1.54) is 19.4 Å². The number of thiazole rings is 1. The zero-order valence-electron chi connectivity index (χ0n) is 26.6. The lowest BCUT2D eigenvalue weighted by Gasteiger charge is -2.35. The summed E-state index contributed by atoms with van der Waals surface area (Å²) < 4.78 is 54.5. The monoisotopic (exact) mass is 671 g/mol. The molecule has 1 fully saturated rings. The van der Waals surface area contributed by atoms with Crippen LogP contribution in [0, 0.1) is 17.8 Å². The molecule has 12 nitrogen and oxygen atoms in total. The second kappa shape index (κ2) is 16.3. The van der Waals surface area contributed by atoms with Crippen molar-refractivity contribution < 1.29 is 46.6 Å². The van der Waals surface area contributed by atoms with Gasteiger partial charge in [0.2, 0.25) is 5.91 Å². The lowest BCUT2D eigenvalue weighted by atomic mass is 9.95. The molecule has 0 aliphatic carbocycles. The second-order valence-corrected chi connectivity index (χ2v) is 12.6. The fourth-order valence-electron chi connectivity index (χ4n) is 5.02. The Morgan fingerprint density at radius 2 is 1.78 bits per heavy atom. The normalized spacial score (nSPS) is 16.1. The van der Waals surface area contributed by atoms with Gasteiger partial charge in [-0.15, -0.1) is 11.3 Å². The molecule has 3 rings (SSSR count). The van der Waals surface area contributed by atoms with Crippen molar-refractivity contribution in [3.8, 4) is 0 Å². The third-order valence-corrected chi connectivity index (χ3v) is 8.60. The minimum absolute atomic E-state index is 0.0109. The van der Waals surface area contributed by atoms with Gasteiger partial charge in [0.1, 0.15) is 16.5 Å². The predicted molar refractivity (Wildman–Crippen MR) is 159 cm³/mol. The number of esters is 2. The molecule has 0 radical (unpaired) electrons. The number of carbonyl (C=O) groups excluding carboxylic acids is 4. The van der Waals surface area contributed by atoms with Crippen LogP contribution in [0.15, 0.2) is 17.8 Å². The average Bonchev–Trinajstić information content (AvgIpc) is 3.46. The standard InChI is InChI=1S/C30H40F3N5O7S/c1-16(2)23(38(5)26(40)8-19-13-44-14-19)10-24(45-18(4)39)28-37-22(15-46-28)27(41)36-21(7-17(3)29(42)43-6)9-25-34-11-20(12-35-25)30(31,32)33/h11-12,15-17,19,21,23-24H,7-10,13-14H2,1-6H3,(H,36,41)/t17-,21+,23?,24+/m0/s1. The highest BCUT2D eigenvalue weighted by molar-refractivity contribution is 7.09. The van der Waals surface area contributed by atoms with Crippen LogP contribution >= 0.6 is 11.3 Å². The smallest absolute Gasteiger partial charge is 0.419 e. The molecule has 4 atom stereocenters. The van der Waals surface area contributed by atoms with Gasteiger partial charge in [0, 0.05) is 69.0 Å². The van der Waals surface area contributed by atoms with E-state index in [1.807, 2.05) is 13.8 Å². The van der Waals surface area contributed by atoms with Crippen molar-refractivity contribution in [1.29, 1.82) is 0 Å². The highest BCUT2D eigenvalue weighted by Crippen LogP contribution is 2.31. The van der Waals surface area contributed by atoms with Crippen LogP contribution in [-0.2, 0) is 41.2 Å². The minimum atomic E-state index is -4.61. The maximum Gasteiger partial charge on any atom is 0.419 e. The summed E-state index contributed by atoms with van der Waals surface area (Å²) in [5, 5.41) is 4.62. The first-order chi connectivity index (χ1) is 21.6. The number of nitrogens with zero attached hydrogens (tertiary/aromatic N) is 4. The summed E-state index contributed by atoms with van der Waals surface area (Å²) >= 11 is 1.11. The lowest BCUT2D eigenvalue weighted by molar-refractivity contribution is -0.149. The molecule has 1 aliphatic rings. The fourth-order valence-corrected chi connectivity index (χ4v) is 5.86. The Balaban J connectivity index is 1.78. The van der Waals surface area contributed by atoms with Crippen molar-refractivity contribution in [3.63, 3.8) is 0 Å². The lowest BCUT2D eigenvalue weighted by Crippen LogP contribution is -2.44. The maximum atomic E-state index is 13.3. The molecule has 3 heterocycles. The summed E-state index contributed by atoms with van der Waals surface area (Å²) in [4.78, 5) is 64.1. The molecule has 16 heteroatoms. The molecule has 0 spiro atoms. The van der Waals surface area contributed by atoms with Crippen molar-refractivity contribution in [3.05, 3.63) is 39.9 Å². The number of hydrogen-bond donors (Lipinski definition) is 1. The number of methoxy groups -OCH3 is 1. The van der Waals surface area contributed by atoms with Gasteiger partial charge in [-0.1, -0.05) is 20.8 Å². The largest absolute Gasteiger partial charge is 0.469 e. The molecule has 1 aliphatic heterocycles. The molecule has 254 valence electrons. The van der Waals surface area contributed by atoms with Crippen LogP contribution in [0.2, 0.25) is 0 Å². The number of amides is 2. The van der Waals surface area contributed by atoms with E-state index in [4.69, 9.17) is 14.2 Å². The zero-order chi connectivity index (χ0) is 34.2. The molecule has 2 aromatic rings. The van der Waals surface area contributed by atoms with E-state index in [0.29, 0.717) is 37.0 Å². The number of hydrogen-bond acceptors (Lipinski definition) is 11. The van der Waals surface area contributed by atoms with Gasteiger partial charge in [-0.3, -0.25) is 19.2 Å². The molecule has 0 saturated carbocycles. The highest BCUT2D eigenvalue weighted by atomic mass is 32.1. The number of carbonyl (C=O) groups is 4. The molecule has 0 aromatic carbocycles. The van der Waals surface area contributed by atoms with E-state index in [-0.39, 0.29) is 54.6 Å². The summed E-state index contributed by atoms with van der Waals surface area (Å²) in [6, 6.07) is -1.06. The SMILES string of the molecule is COC(=O)[C@@H](C)C[C@H](Cc1ncc(C(F)(F)F)cn1)NC(=O)c1csc([C@@H](CC(C(C)C)N(C)C(=O)CC2COC2)OC(C)=O)n1. The van der Waals surface area contributed by atoms with Gasteiger partial charge in [-0.25, -0.2) is 15.0 Å². The van der Waals surface area contributed by atoms with Crippen molar-refractivity contribution >= 4 is 35.1 Å². The van der Waals surface area contributed by atoms with Gasteiger partial charge in [-0.05, 0) is 12.3 Å². The molecule has 1 saturated heterocycles. The summed E-state index contributed by atoms with van der Waals surface area (Å²) in [6.07, 6.45) is -3.51. The second-order valence-electron chi connectivity index (χ2n) is 11.7. The molecular formula is C30H40F3N5O7S. The highest BCUT2D eigenvalue weighted by Gasteiger charge is 2.34. The van der Waals surface area contributed by atoms with E-state index in [1.54, 1.807) is 18.9 Å². The molecule has 2 aromatic heterocycles. The van der Waals surface area contributed by atoms with Crippen LogP contribution < -0.4 is 5.32 Å². The molecule has 0 bridgehead atoms. The Hall–Kier alpha value is -3.66. The first-order valence-electron chi connectivity index (χ1n) is 14.8. The Morgan fingerprint density at radius 1 is 1.13 bits per heavy atom. The van der Waals surface area contributed by atoms with E-state index in [2.05, 4.69) is 20.3 Å². The van der Waals surface area contributed by atoms with Gasteiger partial charge < -0.3 is 24.4 Å². The Morgan fingerprint density at radius 3 is 2.30 bits per heavy atom. The first-order valence-corrected chi connectivity index (χ1v) is 15.7. The van der Waals surface area contributed by atoms with Gasteiger partial charge >= 0.3 is 18.1 Å². The van der Waals surface area contributed by atoms with Crippen molar-refractivity contribution in [2.75, 3.05) is 27.4 Å². The summed E-state index contributed by atoms with van der Waals surface area (Å²) in [6.45, 7) is 7.87. The van der Waals surface area contributed by atoms with E-state index >= 15 is 0 Å². The van der Waals surface area contributed by atoms with Crippen molar-refractivity contribution in [2.24, 2.45) is 17.8 Å².